The molecule has 1 aromatic carbocycles. The summed E-state index contributed by atoms with van der Waals surface area (Å²) in [4.78, 5) is 15.3. The highest BCUT2D eigenvalue weighted by Gasteiger charge is 2.44. The molecule has 2 aliphatic rings. The Morgan fingerprint density at radius 1 is 1.14 bits per heavy atom. The molecule has 2 N–H and O–H groups in total. The highest BCUT2D eigenvalue weighted by atomic mass is 16.1. The zero-order chi connectivity index (χ0) is 20.8. The third-order valence-corrected chi connectivity index (χ3v) is 5.50. The standard InChI is InChI=1S/C22H29N5O/c1-22(2)11-17-20(18(28)12-22)19(14-7-9-15(10-8-14)25(3)4)16(13-23)21(24)27(17)26(5)6/h7-10,19H,11-12,24H2,1-6H3. The quantitative estimate of drug-likeness (QED) is 0.870. The Balaban J connectivity index is 2.23. The van der Waals surface area contributed by atoms with E-state index in [4.69, 9.17) is 5.73 Å². The number of hydrazine groups is 1. The van der Waals surface area contributed by atoms with Crippen molar-refractivity contribution >= 4 is 11.5 Å². The number of nitrogens with zero attached hydrogens (tertiary/aromatic N) is 4. The topological polar surface area (TPSA) is 76.6 Å². The smallest absolute Gasteiger partial charge is 0.162 e. The number of anilines is 1. The number of nitriles is 1. The Hall–Kier alpha value is -2.78. The summed E-state index contributed by atoms with van der Waals surface area (Å²) >= 11 is 0. The maximum Gasteiger partial charge on any atom is 0.162 e. The van der Waals surface area contributed by atoms with Gasteiger partial charge in [-0.05, 0) is 29.5 Å². The van der Waals surface area contributed by atoms with Crippen LogP contribution in [0.3, 0.4) is 0 Å². The van der Waals surface area contributed by atoms with Crippen LogP contribution in [0.25, 0.3) is 0 Å². The second-order valence-electron chi connectivity index (χ2n) is 8.79. The molecule has 0 amide bonds. The minimum absolute atomic E-state index is 0.0973. The third kappa shape index (κ3) is 3.27. The maximum absolute atomic E-state index is 13.3. The van der Waals surface area contributed by atoms with Crippen LogP contribution in [0.5, 0.6) is 0 Å². The summed E-state index contributed by atoms with van der Waals surface area (Å²) < 4.78 is 0. The molecular weight excluding hydrogens is 350 g/mol. The van der Waals surface area contributed by atoms with Gasteiger partial charge in [-0.25, -0.2) is 5.01 Å². The number of allylic oxidation sites excluding steroid dienone is 3. The van der Waals surface area contributed by atoms with E-state index in [2.05, 4.69) is 19.9 Å². The van der Waals surface area contributed by atoms with Crippen LogP contribution in [-0.2, 0) is 4.79 Å². The molecule has 1 unspecified atom stereocenters. The summed E-state index contributed by atoms with van der Waals surface area (Å²) in [5, 5.41) is 13.6. The highest BCUT2D eigenvalue weighted by Crippen LogP contribution is 2.49. The lowest BCUT2D eigenvalue weighted by molar-refractivity contribution is -0.119. The van der Waals surface area contributed by atoms with Gasteiger partial charge >= 0.3 is 0 Å². The number of hydrogen-bond donors (Lipinski definition) is 1. The van der Waals surface area contributed by atoms with Crippen molar-refractivity contribution in [3.8, 4) is 6.07 Å². The van der Waals surface area contributed by atoms with E-state index >= 15 is 0 Å². The molecule has 0 fully saturated rings. The van der Waals surface area contributed by atoms with Crippen molar-refractivity contribution in [2.24, 2.45) is 11.1 Å². The molecule has 1 aliphatic carbocycles. The van der Waals surface area contributed by atoms with E-state index in [9.17, 15) is 10.1 Å². The van der Waals surface area contributed by atoms with Crippen LogP contribution in [0.1, 0.15) is 38.2 Å². The fourth-order valence-electron chi connectivity index (χ4n) is 4.25. The second-order valence-corrected chi connectivity index (χ2v) is 8.79. The fourth-order valence-corrected chi connectivity index (χ4v) is 4.25. The van der Waals surface area contributed by atoms with E-state index < -0.39 is 5.92 Å². The lowest BCUT2D eigenvalue weighted by atomic mass is 9.69. The molecule has 0 aromatic heterocycles. The number of benzene rings is 1. The van der Waals surface area contributed by atoms with Crippen LogP contribution in [0.15, 0.2) is 46.9 Å². The first-order valence-electron chi connectivity index (χ1n) is 9.48. The zero-order valence-corrected chi connectivity index (χ0v) is 17.6. The van der Waals surface area contributed by atoms with Crippen LogP contribution < -0.4 is 10.6 Å². The Labute approximate surface area is 167 Å². The number of nitrogens with two attached hydrogens (primary N) is 1. The monoisotopic (exact) mass is 379 g/mol. The van der Waals surface area contributed by atoms with Crippen LogP contribution >= 0.6 is 0 Å². The SMILES string of the molecule is CN(C)c1ccc(C2C(C#N)=C(N)N(N(C)C)C3=C2C(=O)CC(C)(C)C3)cc1. The Kier molecular flexibility index (Phi) is 4.99. The summed E-state index contributed by atoms with van der Waals surface area (Å²) in [6.45, 7) is 4.20. The van der Waals surface area contributed by atoms with Gasteiger partial charge in [0.1, 0.15) is 5.82 Å². The van der Waals surface area contributed by atoms with Gasteiger partial charge in [0.25, 0.3) is 0 Å². The van der Waals surface area contributed by atoms with Crippen LogP contribution in [0.4, 0.5) is 5.69 Å². The average Bonchev–Trinajstić information content (AvgIpc) is 2.59. The third-order valence-electron chi connectivity index (χ3n) is 5.50. The Bertz CT molecular complexity index is 900. The molecule has 0 radical (unpaired) electrons. The Morgan fingerprint density at radius 2 is 1.75 bits per heavy atom. The average molecular weight is 380 g/mol. The predicted molar refractivity (Wildman–Crippen MR) is 111 cm³/mol. The summed E-state index contributed by atoms with van der Waals surface area (Å²) in [6.07, 6.45) is 1.20. The van der Waals surface area contributed by atoms with Gasteiger partial charge in [0.05, 0.1) is 17.6 Å². The van der Waals surface area contributed by atoms with E-state index in [1.54, 1.807) is 0 Å². The molecule has 0 saturated heterocycles. The second kappa shape index (κ2) is 6.99. The van der Waals surface area contributed by atoms with Crippen molar-refractivity contribution < 1.29 is 4.79 Å². The van der Waals surface area contributed by atoms with Gasteiger partial charge in [-0.1, -0.05) is 26.0 Å². The van der Waals surface area contributed by atoms with Crippen molar-refractivity contribution in [2.75, 3.05) is 33.1 Å². The van der Waals surface area contributed by atoms with Crippen molar-refractivity contribution in [1.29, 1.82) is 5.26 Å². The van der Waals surface area contributed by atoms with Gasteiger partial charge in [0, 0.05) is 51.6 Å². The number of ketones is 1. The summed E-state index contributed by atoms with van der Waals surface area (Å²) in [7, 11) is 7.72. The van der Waals surface area contributed by atoms with Crippen LogP contribution in [0.2, 0.25) is 0 Å². The Morgan fingerprint density at radius 3 is 2.25 bits per heavy atom. The fraction of sp³-hybridized carbons (Fsp3) is 0.455. The van der Waals surface area contributed by atoms with Crippen LogP contribution in [-0.4, -0.2) is 44.0 Å². The van der Waals surface area contributed by atoms with Gasteiger partial charge < -0.3 is 10.6 Å². The van der Waals surface area contributed by atoms with Crippen molar-refractivity contribution in [2.45, 2.75) is 32.6 Å². The highest BCUT2D eigenvalue weighted by molar-refractivity contribution is 6.00. The van der Waals surface area contributed by atoms with Gasteiger partial charge in [-0.3, -0.25) is 9.80 Å². The van der Waals surface area contributed by atoms with E-state index in [-0.39, 0.29) is 11.2 Å². The molecule has 148 valence electrons. The predicted octanol–water partition coefficient (Wildman–Crippen LogP) is 2.97. The van der Waals surface area contributed by atoms with Gasteiger partial charge in [0.15, 0.2) is 5.78 Å². The molecule has 28 heavy (non-hydrogen) atoms. The largest absolute Gasteiger partial charge is 0.383 e. The molecule has 0 saturated carbocycles. The van der Waals surface area contributed by atoms with E-state index in [1.807, 2.05) is 67.4 Å². The first-order chi connectivity index (χ1) is 13.1. The molecule has 1 heterocycles. The minimum Gasteiger partial charge on any atom is -0.383 e. The molecule has 3 rings (SSSR count). The van der Waals surface area contributed by atoms with Crippen molar-refractivity contribution in [3.05, 3.63) is 52.5 Å². The first kappa shape index (κ1) is 20.0. The number of Topliss-reactive ketones (excluding diaryl/α,β-unsaturated/α-hetero) is 1. The molecule has 1 atom stereocenters. The van der Waals surface area contributed by atoms with Gasteiger partial charge in [-0.2, -0.15) is 5.26 Å². The summed E-state index contributed by atoms with van der Waals surface area (Å²) in [5.74, 6) is 0.0782. The summed E-state index contributed by atoms with van der Waals surface area (Å²) in [6, 6.07) is 10.3. The van der Waals surface area contributed by atoms with Gasteiger partial charge in [-0.15, -0.1) is 0 Å². The molecule has 1 aliphatic heterocycles. The molecule has 0 bridgehead atoms. The van der Waals surface area contributed by atoms with E-state index in [0.717, 1.165) is 23.4 Å². The lowest BCUT2D eigenvalue weighted by Gasteiger charge is -2.45. The normalized spacial score (nSPS) is 21.7. The van der Waals surface area contributed by atoms with Gasteiger partial charge in [0.2, 0.25) is 0 Å². The first-order valence-corrected chi connectivity index (χ1v) is 9.48. The molecule has 6 nitrogen and oxygen atoms in total. The molecule has 0 spiro atoms. The molecule has 1 aromatic rings. The van der Waals surface area contributed by atoms with E-state index in [0.29, 0.717) is 23.4 Å². The maximum atomic E-state index is 13.3. The molecular formula is C22H29N5O. The lowest BCUT2D eigenvalue weighted by Crippen LogP contribution is -2.47. The van der Waals surface area contributed by atoms with Crippen molar-refractivity contribution in [1.82, 2.24) is 10.0 Å². The molecule has 6 heteroatoms. The number of carbonyl (C=O) groups excluding carboxylic acids is 1. The number of carbonyl (C=O) groups is 1. The summed E-state index contributed by atoms with van der Waals surface area (Å²) in [5.41, 5.74) is 10.4. The number of rotatable bonds is 3. The minimum atomic E-state index is -0.420. The van der Waals surface area contributed by atoms with E-state index in [1.165, 1.54) is 0 Å². The zero-order valence-electron chi connectivity index (χ0n) is 17.6. The van der Waals surface area contributed by atoms with Crippen molar-refractivity contribution in [3.63, 3.8) is 0 Å². The number of hydrogen-bond acceptors (Lipinski definition) is 6. The van der Waals surface area contributed by atoms with Crippen LogP contribution in [0, 0.1) is 16.7 Å².